The number of carbonyl (C=O) groups is 1. The first kappa shape index (κ1) is 21.7. The van der Waals surface area contributed by atoms with Crippen molar-refractivity contribution in [3.8, 4) is 0 Å². The van der Waals surface area contributed by atoms with Crippen LogP contribution in [0.15, 0.2) is 23.7 Å². The molecule has 3 heterocycles. The Morgan fingerprint density at radius 3 is 2.72 bits per heavy atom. The maximum absolute atomic E-state index is 12.9. The molecular weight excluding hydrogens is 390 g/mol. The first-order valence-electron chi connectivity index (χ1n) is 10.4. The molecule has 0 N–H and O–H groups in total. The SMILES string of the molecule is CCCCn1c(CN2CCCC(C(=O)c3nccn3C)C2)cnc1S(=O)(=O)CC. The number of rotatable bonds is 9. The zero-order valence-electron chi connectivity index (χ0n) is 17.5. The Labute approximate surface area is 172 Å². The van der Waals surface area contributed by atoms with Gasteiger partial charge in [-0.15, -0.1) is 0 Å². The molecule has 1 atom stereocenters. The Morgan fingerprint density at radius 2 is 2.07 bits per heavy atom. The Balaban J connectivity index is 1.77. The van der Waals surface area contributed by atoms with E-state index in [0.717, 1.165) is 37.9 Å². The lowest BCUT2D eigenvalue weighted by Crippen LogP contribution is -2.39. The van der Waals surface area contributed by atoms with Gasteiger partial charge in [-0.2, -0.15) is 0 Å². The second kappa shape index (κ2) is 9.21. The van der Waals surface area contributed by atoms with Crippen molar-refractivity contribution < 1.29 is 13.2 Å². The highest BCUT2D eigenvalue weighted by atomic mass is 32.2. The molecule has 3 rings (SSSR count). The largest absolute Gasteiger partial charge is 0.332 e. The van der Waals surface area contributed by atoms with Crippen molar-refractivity contribution in [1.82, 2.24) is 24.0 Å². The number of hydrogen-bond acceptors (Lipinski definition) is 6. The zero-order chi connectivity index (χ0) is 21.0. The molecule has 29 heavy (non-hydrogen) atoms. The van der Waals surface area contributed by atoms with E-state index in [9.17, 15) is 13.2 Å². The Bertz CT molecular complexity index is 947. The van der Waals surface area contributed by atoms with Crippen molar-refractivity contribution in [2.75, 3.05) is 18.8 Å². The molecule has 1 fully saturated rings. The van der Waals surface area contributed by atoms with Crippen LogP contribution < -0.4 is 0 Å². The van der Waals surface area contributed by atoms with Gasteiger partial charge in [0.25, 0.3) is 0 Å². The first-order chi connectivity index (χ1) is 13.9. The summed E-state index contributed by atoms with van der Waals surface area (Å²) in [5, 5.41) is 0.168. The molecule has 8 nitrogen and oxygen atoms in total. The molecule has 0 saturated carbocycles. The van der Waals surface area contributed by atoms with Crippen LogP contribution in [0.4, 0.5) is 0 Å². The zero-order valence-corrected chi connectivity index (χ0v) is 18.4. The maximum Gasteiger partial charge on any atom is 0.227 e. The normalized spacial score (nSPS) is 18.2. The summed E-state index contributed by atoms with van der Waals surface area (Å²) in [6.07, 6.45) is 8.79. The molecule has 0 radical (unpaired) electrons. The van der Waals surface area contributed by atoms with Crippen LogP contribution in [0.3, 0.4) is 0 Å². The van der Waals surface area contributed by atoms with Gasteiger partial charge in [0.1, 0.15) is 0 Å². The average Bonchev–Trinajstić information content (AvgIpc) is 3.32. The van der Waals surface area contributed by atoms with Crippen molar-refractivity contribution in [1.29, 1.82) is 0 Å². The quantitative estimate of drug-likeness (QED) is 0.577. The number of piperidine rings is 1. The lowest BCUT2D eigenvalue weighted by molar-refractivity contribution is 0.0794. The van der Waals surface area contributed by atoms with Crippen LogP contribution in [-0.2, 0) is 30.0 Å². The van der Waals surface area contributed by atoms with Gasteiger partial charge in [0.05, 0.1) is 17.6 Å². The number of likely N-dealkylation sites (tertiary alicyclic amines) is 1. The van der Waals surface area contributed by atoms with Crippen LogP contribution >= 0.6 is 0 Å². The predicted octanol–water partition coefficient (Wildman–Crippen LogP) is 2.31. The van der Waals surface area contributed by atoms with Gasteiger partial charge in [0.15, 0.2) is 5.82 Å². The highest BCUT2D eigenvalue weighted by Gasteiger charge is 2.30. The van der Waals surface area contributed by atoms with Crippen LogP contribution in [0.1, 0.15) is 55.8 Å². The number of ketones is 1. The summed E-state index contributed by atoms with van der Waals surface area (Å²) in [6.45, 7) is 6.51. The summed E-state index contributed by atoms with van der Waals surface area (Å²) in [7, 11) is -1.53. The monoisotopic (exact) mass is 421 g/mol. The fourth-order valence-electron chi connectivity index (χ4n) is 3.88. The summed E-state index contributed by atoms with van der Waals surface area (Å²) in [6, 6.07) is 0. The maximum atomic E-state index is 12.9. The number of Topliss-reactive ketones (excluding diaryl/α,β-unsaturated/α-hetero) is 1. The summed E-state index contributed by atoms with van der Waals surface area (Å²) >= 11 is 0. The lowest BCUT2D eigenvalue weighted by atomic mass is 9.93. The summed E-state index contributed by atoms with van der Waals surface area (Å²) < 4.78 is 28.5. The molecule has 2 aromatic heterocycles. The Hall–Kier alpha value is -2.00. The van der Waals surface area contributed by atoms with Crippen LogP contribution in [0.2, 0.25) is 0 Å². The van der Waals surface area contributed by atoms with E-state index in [1.807, 2.05) is 11.6 Å². The van der Waals surface area contributed by atoms with Crippen LogP contribution in [-0.4, -0.2) is 57.0 Å². The van der Waals surface area contributed by atoms with E-state index >= 15 is 0 Å². The van der Waals surface area contributed by atoms with Crippen LogP contribution in [0.25, 0.3) is 0 Å². The van der Waals surface area contributed by atoms with Crippen molar-refractivity contribution in [3.63, 3.8) is 0 Å². The van der Waals surface area contributed by atoms with Gasteiger partial charge in [0.2, 0.25) is 20.8 Å². The highest BCUT2D eigenvalue weighted by Crippen LogP contribution is 2.23. The number of aryl methyl sites for hydroxylation is 1. The molecule has 0 amide bonds. The molecule has 1 saturated heterocycles. The Morgan fingerprint density at radius 1 is 1.28 bits per heavy atom. The van der Waals surface area contributed by atoms with Gasteiger partial charge in [-0.05, 0) is 25.8 Å². The molecule has 0 aromatic carbocycles. The molecule has 0 aliphatic carbocycles. The van der Waals surface area contributed by atoms with Gasteiger partial charge in [-0.3, -0.25) is 9.69 Å². The smallest absolute Gasteiger partial charge is 0.227 e. The highest BCUT2D eigenvalue weighted by molar-refractivity contribution is 7.91. The molecule has 1 aliphatic heterocycles. The van der Waals surface area contributed by atoms with E-state index in [1.165, 1.54) is 0 Å². The number of hydrogen-bond donors (Lipinski definition) is 0. The van der Waals surface area contributed by atoms with Gasteiger partial charge in [-0.1, -0.05) is 20.3 Å². The third kappa shape index (κ3) is 4.78. The molecular formula is C20H31N5O3S. The minimum absolute atomic E-state index is 0.0412. The van der Waals surface area contributed by atoms with E-state index in [-0.39, 0.29) is 22.6 Å². The van der Waals surface area contributed by atoms with E-state index in [0.29, 0.717) is 25.5 Å². The summed E-state index contributed by atoms with van der Waals surface area (Å²) in [5.41, 5.74) is 0.899. The fourth-order valence-corrected chi connectivity index (χ4v) is 4.89. The first-order valence-corrected chi connectivity index (χ1v) is 12.0. The van der Waals surface area contributed by atoms with Crippen LogP contribution in [0, 0.1) is 5.92 Å². The van der Waals surface area contributed by atoms with Crippen molar-refractivity contribution >= 4 is 15.6 Å². The van der Waals surface area contributed by atoms with Gasteiger partial charge < -0.3 is 9.13 Å². The molecule has 1 aliphatic rings. The molecule has 160 valence electrons. The molecule has 9 heteroatoms. The van der Waals surface area contributed by atoms with Crippen molar-refractivity contribution in [2.45, 2.75) is 57.8 Å². The molecule has 2 aromatic rings. The second-order valence-corrected chi connectivity index (χ2v) is 9.91. The number of unbranched alkanes of at least 4 members (excludes halogenated alkanes) is 1. The van der Waals surface area contributed by atoms with Crippen LogP contribution in [0.5, 0.6) is 0 Å². The third-order valence-electron chi connectivity index (χ3n) is 5.60. The molecule has 0 bridgehead atoms. The second-order valence-electron chi connectivity index (χ2n) is 7.74. The topological polar surface area (TPSA) is 90.1 Å². The number of aromatic nitrogens is 4. The van der Waals surface area contributed by atoms with E-state index < -0.39 is 9.84 Å². The number of sulfone groups is 1. The molecule has 1 unspecified atom stereocenters. The fraction of sp³-hybridized carbons (Fsp3) is 0.650. The Kier molecular flexibility index (Phi) is 6.89. The van der Waals surface area contributed by atoms with Gasteiger partial charge >= 0.3 is 0 Å². The van der Waals surface area contributed by atoms with Crippen molar-refractivity contribution in [2.24, 2.45) is 13.0 Å². The number of nitrogens with zero attached hydrogens (tertiary/aromatic N) is 5. The predicted molar refractivity (Wildman–Crippen MR) is 110 cm³/mol. The summed E-state index contributed by atoms with van der Waals surface area (Å²) in [4.78, 5) is 23.5. The van der Waals surface area contributed by atoms with E-state index in [4.69, 9.17) is 0 Å². The standard InChI is InChI=1S/C20H31N5O3S/c1-4-6-11-25-17(13-22-20(25)29(27,28)5-2)15-24-10-7-8-16(14-24)18(26)19-21-9-12-23(19)3/h9,12-13,16H,4-8,10-11,14-15H2,1-3H3. The average molecular weight is 422 g/mol. The lowest BCUT2D eigenvalue weighted by Gasteiger charge is -2.32. The van der Waals surface area contributed by atoms with Gasteiger partial charge in [-0.25, -0.2) is 18.4 Å². The minimum Gasteiger partial charge on any atom is -0.332 e. The molecule has 0 spiro atoms. The summed E-state index contributed by atoms with van der Waals surface area (Å²) in [5.74, 6) is 0.535. The number of carbonyl (C=O) groups excluding carboxylic acids is 1. The number of imidazole rings is 2. The minimum atomic E-state index is -3.37. The van der Waals surface area contributed by atoms with E-state index in [2.05, 4.69) is 21.8 Å². The third-order valence-corrected chi connectivity index (χ3v) is 7.24. The van der Waals surface area contributed by atoms with E-state index in [1.54, 1.807) is 30.1 Å². The van der Waals surface area contributed by atoms with Crippen molar-refractivity contribution in [3.05, 3.63) is 30.1 Å². The van der Waals surface area contributed by atoms with Gasteiger partial charge in [0, 0.05) is 45.0 Å².